The van der Waals surface area contributed by atoms with E-state index in [1.54, 1.807) is 6.07 Å². The maximum Gasteiger partial charge on any atom is 0.416 e. The molecule has 19 heavy (non-hydrogen) atoms. The molecule has 0 unspecified atom stereocenters. The summed E-state index contributed by atoms with van der Waals surface area (Å²) in [5.41, 5.74) is -0.600. The van der Waals surface area contributed by atoms with Crippen molar-refractivity contribution in [1.29, 1.82) is 0 Å². The Labute approximate surface area is 110 Å². The third-order valence-corrected chi connectivity index (χ3v) is 3.52. The number of ketones is 1. The summed E-state index contributed by atoms with van der Waals surface area (Å²) < 4.78 is 38.6. The first-order chi connectivity index (χ1) is 8.72. The molecule has 1 nitrogen and oxygen atoms in total. The van der Waals surface area contributed by atoms with Crippen molar-refractivity contribution in [2.75, 3.05) is 0 Å². The molecule has 1 saturated carbocycles. The first-order valence-electron chi connectivity index (χ1n) is 6.13. The predicted octanol–water partition coefficient (Wildman–Crippen LogP) is 4.48. The summed E-state index contributed by atoms with van der Waals surface area (Å²) in [6, 6.07) is 5.34. The Morgan fingerprint density at radius 1 is 1.21 bits per heavy atom. The van der Waals surface area contributed by atoms with Gasteiger partial charge in [0.2, 0.25) is 0 Å². The predicted molar refractivity (Wildman–Crippen MR) is 67.4 cm³/mol. The van der Waals surface area contributed by atoms with Crippen molar-refractivity contribution in [3.63, 3.8) is 0 Å². The fourth-order valence-corrected chi connectivity index (χ4v) is 2.32. The van der Waals surface area contributed by atoms with Gasteiger partial charge in [0.25, 0.3) is 0 Å². The lowest BCUT2D eigenvalue weighted by atomic mass is 9.90. The van der Waals surface area contributed by atoms with Gasteiger partial charge in [-0.2, -0.15) is 13.2 Å². The highest BCUT2D eigenvalue weighted by atomic mass is 19.4. The smallest absolute Gasteiger partial charge is 0.294 e. The van der Waals surface area contributed by atoms with E-state index in [4.69, 9.17) is 0 Å². The fraction of sp³-hybridized carbons (Fsp3) is 0.400. The second kappa shape index (κ2) is 4.51. The summed E-state index contributed by atoms with van der Waals surface area (Å²) in [5.74, 6) is -0.0514. The van der Waals surface area contributed by atoms with Gasteiger partial charge in [0, 0.05) is 5.41 Å². The Morgan fingerprint density at radius 2 is 1.84 bits per heavy atom. The van der Waals surface area contributed by atoms with E-state index in [9.17, 15) is 18.0 Å². The first-order valence-corrected chi connectivity index (χ1v) is 6.13. The van der Waals surface area contributed by atoms with Gasteiger partial charge in [-0.1, -0.05) is 32.0 Å². The molecule has 1 fully saturated rings. The number of halogens is 3. The van der Waals surface area contributed by atoms with E-state index in [0.717, 1.165) is 6.07 Å². The normalized spacial score (nSPS) is 21.1. The van der Waals surface area contributed by atoms with Gasteiger partial charge in [0.05, 0.1) is 5.56 Å². The van der Waals surface area contributed by atoms with Crippen LogP contribution in [0.25, 0.3) is 6.08 Å². The summed E-state index contributed by atoms with van der Waals surface area (Å²) in [5, 5.41) is 0. The second-order valence-electron chi connectivity index (χ2n) is 5.47. The number of hydrogen-bond acceptors (Lipinski definition) is 1. The quantitative estimate of drug-likeness (QED) is 0.686. The zero-order valence-corrected chi connectivity index (χ0v) is 10.8. The molecule has 0 radical (unpaired) electrons. The number of carbonyl (C=O) groups is 1. The minimum absolute atomic E-state index is 0.0514. The highest BCUT2D eigenvalue weighted by Crippen LogP contribution is 2.39. The van der Waals surface area contributed by atoms with E-state index in [1.807, 2.05) is 13.8 Å². The summed E-state index contributed by atoms with van der Waals surface area (Å²) >= 11 is 0. The molecular formula is C15H15F3O. The Hall–Kier alpha value is -1.58. The Morgan fingerprint density at radius 3 is 2.37 bits per heavy atom. The number of carbonyl (C=O) groups excluding carboxylic acids is 1. The minimum Gasteiger partial charge on any atom is -0.294 e. The van der Waals surface area contributed by atoms with E-state index < -0.39 is 17.2 Å². The molecule has 2 rings (SSSR count). The van der Waals surface area contributed by atoms with Gasteiger partial charge >= 0.3 is 6.18 Å². The molecular weight excluding hydrogens is 253 g/mol. The number of Topliss-reactive ketones (excluding diaryl/α,β-unsaturated/α-hetero) is 1. The van der Waals surface area contributed by atoms with Crippen molar-refractivity contribution >= 4 is 11.9 Å². The monoisotopic (exact) mass is 268 g/mol. The summed E-state index contributed by atoms with van der Waals surface area (Å²) in [6.45, 7) is 3.65. The van der Waals surface area contributed by atoms with E-state index in [-0.39, 0.29) is 11.3 Å². The van der Waals surface area contributed by atoms with Crippen molar-refractivity contribution in [2.24, 2.45) is 5.41 Å². The lowest BCUT2D eigenvalue weighted by Gasteiger charge is -2.13. The van der Waals surface area contributed by atoms with Crippen LogP contribution in [0.4, 0.5) is 13.2 Å². The van der Waals surface area contributed by atoms with Crippen molar-refractivity contribution in [2.45, 2.75) is 32.9 Å². The maximum absolute atomic E-state index is 12.9. The molecule has 0 amide bonds. The van der Waals surface area contributed by atoms with Gasteiger partial charge in [0.15, 0.2) is 5.78 Å². The largest absolute Gasteiger partial charge is 0.416 e. The zero-order chi connectivity index (χ0) is 14.3. The van der Waals surface area contributed by atoms with Gasteiger partial charge < -0.3 is 0 Å². The van der Waals surface area contributed by atoms with Crippen LogP contribution in [0.5, 0.6) is 0 Å². The standard InChI is InChI=1S/C15H15F3O/c1-14(2)8-7-11(13(14)19)9-10-5-3-4-6-12(10)15(16,17)18/h3-6,9H,7-8H2,1-2H3/b11-9+. The third kappa shape index (κ3) is 2.72. The lowest BCUT2D eigenvalue weighted by Crippen LogP contribution is -2.17. The van der Waals surface area contributed by atoms with E-state index in [1.165, 1.54) is 18.2 Å². The summed E-state index contributed by atoms with van der Waals surface area (Å²) in [6.07, 6.45) is -1.78. The van der Waals surface area contributed by atoms with Crippen LogP contribution in [0, 0.1) is 5.41 Å². The molecule has 1 aliphatic carbocycles. The van der Waals surface area contributed by atoms with Crippen LogP contribution in [0.3, 0.4) is 0 Å². The van der Waals surface area contributed by atoms with Gasteiger partial charge in [-0.15, -0.1) is 0 Å². The molecule has 1 aromatic rings. The van der Waals surface area contributed by atoms with Gasteiger partial charge in [-0.25, -0.2) is 0 Å². The topological polar surface area (TPSA) is 17.1 Å². The molecule has 1 aromatic carbocycles. The lowest BCUT2D eigenvalue weighted by molar-refractivity contribution is -0.137. The number of alkyl halides is 3. The van der Waals surface area contributed by atoms with Crippen molar-refractivity contribution in [3.8, 4) is 0 Å². The van der Waals surface area contributed by atoms with Crippen molar-refractivity contribution in [1.82, 2.24) is 0 Å². The Kier molecular flexibility index (Phi) is 3.29. The zero-order valence-electron chi connectivity index (χ0n) is 10.8. The average Bonchev–Trinajstić information content (AvgIpc) is 2.56. The first kappa shape index (κ1) is 13.8. The number of rotatable bonds is 1. The molecule has 0 aliphatic heterocycles. The van der Waals surface area contributed by atoms with Crippen LogP contribution in [-0.2, 0) is 11.0 Å². The van der Waals surface area contributed by atoms with E-state index in [0.29, 0.717) is 18.4 Å². The number of hydrogen-bond donors (Lipinski definition) is 0. The average molecular weight is 268 g/mol. The van der Waals surface area contributed by atoms with Crippen LogP contribution < -0.4 is 0 Å². The number of benzene rings is 1. The van der Waals surface area contributed by atoms with E-state index in [2.05, 4.69) is 0 Å². The van der Waals surface area contributed by atoms with Gasteiger partial charge in [-0.05, 0) is 36.1 Å². The molecule has 102 valence electrons. The molecule has 0 N–H and O–H groups in total. The maximum atomic E-state index is 12.9. The molecule has 0 heterocycles. The van der Waals surface area contributed by atoms with Gasteiger partial charge in [-0.3, -0.25) is 4.79 Å². The Balaban J connectivity index is 2.43. The highest BCUT2D eigenvalue weighted by molar-refractivity contribution is 6.05. The van der Waals surface area contributed by atoms with Crippen LogP contribution in [0.1, 0.15) is 37.8 Å². The van der Waals surface area contributed by atoms with E-state index >= 15 is 0 Å². The highest BCUT2D eigenvalue weighted by Gasteiger charge is 2.37. The third-order valence-electron chi connectivity index (χ3n) is 3.52. The molecule has 4 heteroatoms. The van der Waals surface area contributed by atoms with Crippen molar-refractivity contribution in [3.05, 3.63) is 41.0 Å². The number of allylic oxidation sites excluding steroid dienone is 1. The summed E-state index contributed by atoms with van der Waals surface area (Å²) in [7, 11) is 0. The molecule has 1 aliphatic rings. The second-order valence-corrected chi connectivity index (χ2v) is 5.47. The van der Waals surface area contributed by atoms with Crippen molar-refractivity contribution < 1.29 is 18.0 Å². The van der Waals surface area contributed by atoms with Crippen LogP contribution in [-0.4, -0.2) is 5.78 Å². The van der Waals surface area contributed by atoms with Crippen LogP contribution in [0.15, 0.2) is 29.8 Å². The fourth-order valence-electron chi connectivity index (χ4n) is 2.32. The molecule has 0 atom stereocenters. The minimum atomic E-state index is -4.40. The Bertz CT molecular complexity index is 539. The molecule has 0 spiro atoms. The SMILES string of the molecule is CC1(C)CC/C(=C\c2ccccc2C(F)(F)F)C1=O. The van der Waals surface area contributed by atoms with Crippen LogP contribution in [0.2, 0.25) is 0 Å². The molecule has 0 saturated heterocycles. The molecule has 0 aromatic heterocycles. The summed E-state index contributed by atoms with van der Waals surface area (Å²) in [4.78, 5) is 12.0. The molecule has 0 bridgehead atoms. The van der Waals surface area contributed by atoms with Gasteiger partial charge in [0.1, 0.15) is 0 Å². The van der Waals surface area contributed by atoms with Crippen LogP contribution >= 0.6 is 0 Å².